The number of carbonyl (C=O) groups excluding carboxylic acids is 2. The highest BCUT2D eigenvalue weighted by Crippen LogP contribution is 2.22. The number of nitrogens with zero attached hydrogens (tertiary/aromatic N) is 3. The van der Waals surface area contributed by atoms with Crippen molar-refractivity contribution in [2.45, 2.75) is 39.3 Å². The van der Waals surface area contributed by atoms with Gasteiger partial charge in [0.25, 0.3) is 0 Å². The molecule has 7 heteroatoms. The highest BCUT2D eigenvalue weighted by molar-refractivity contribution is 5.82. The monoisotopic (exact) mass is 322 g/mol. The second kappa shape index (κ2) is 8.10. The predicted octanol–water partition coefficient (Wildman–Crippen LogP) is 0.965. The van der Waals surface area contributed by atoms with Crippen LogP contribution in [-0.4, -0.2) is 53.3 Å². The minimum absolute atomic E-state index is 0.0980. The molecule has 1 aliphatic heterocycles. The van der Waals surface area contributed by atoms with Crippen LogP contribution in [0.15, 0.2) is 12.3 Å². The number of hydrogen-bond acceptors (Lipinski definition) is 4. The van der Waals surface area contributed by atoms with Gasteiger partial charge >= 0.3 is 0 Å². The van der Waals surface area contributed by atoms with Gasteiger partial charge in [-0.2, -0.15) is 5.10 Å². The van der Waals surface area contributed by atoms with Gasteiger partial charge < -0.3 is 15.0 Å². The Morgan fingerprint density at radius 1 is 1.48 bits per heavy atom. The average molecular weight is 322 g/mol. The zero-order chi connectivity index (χ0) is 16.8. The molecule has 1 atom stereocenters. The molecule has 2 heterocycles. The van der Waals surface area contributed by atoms with Crippen molar-refractivity contribution in [2.24, 2.45) is 5.92 Å². The Labute approximate surface area is 137 Å². The summed E-state index contributed by atoms with van der Waals surface area (Å²) in [6.07, 6.45) is 3.05. The third-order valence-corrected chi connectivity index (χ3v) is 3.99. The molecule has 1 aromatic heterocycles. The van der Waals surface area contributed by atoms with Gasteiger partial charge in [-0.25, -0.2) is 0 Å². The lowest BCUT2D eigenvalue weighted by Gasteiger charge is -2.33. The molecule has 0 aromatic carbocycles. The van der Waals surface area contributed by atoms with E-state index in [2.05, 4.69) is 24.3 Å². The lowest BCUT2D eigenvalue weighted by Crippen LogP contribution is -2.47. The van der Waals surface area contributed by atoms with Crippen molar-refractivity contribution in [3.63, 3.8) is 0 Å². The second-order valence-corrected chi connectivity index (χ2v) is 6.27. The van der Waals surface area contributed by atoms with E-state index in [9.17, 15) is 9.59 Å². The van der Waals surface area contributed by atoms with Gasteiger partial charge in [0.2, 0.25) is 11.8 Å². The van der Waals surface area contributed by atoms with E-state index in [1.54, 1.807) is 22.9 Å². The normalized spacial score (nSPS) is 17.2. The molecule has 128 valence electrons. The first-order valence-electron chi connectivity index (χ1n) is 8.09. The molecule has 0 fully saturated rings. The predicted molar refractivity (Wildman–Crippen MR) is 85.6 cm³/mol. The minimum atomic E-state index is -0.478. The van der Waals surface area contributed by atoms with E-state index in [1.807, 2.05) is 6.07 Å². The van der Waals surface area contributed by atoms with Crippen molar-refractivity contribution < 1.29 is 14.3 Å². The van der Waals surface area contributed by atoms with Crippen LogP contribution in [0.1, 0.15) is 38.4 Å². The lowest BCUT2D eigenvalue weighted by molar-refractivity contribution is -0.135. The van der Waals surface area contributed by atoms with Crippen molar-refractivity contribution in [1.82, 2.24) is 20.0 Å². The molecular formula is C16H26N4O3. The average Bonchev–Trinajstić information content (AvgIpc) is 3.00. The number of amides is 2. The maximum absolute atomic E-state index is 12.4. The van der Waals surface area contributed by atoms with Crippen LogP contribution < -0.4 is 5.32 Å². The molecule has 1 aliphatic rings. The van der Waals surface area contributed by atoms with Gasteiger partial charge in [-0.05, 0) is 18.4 Å². The van der Waals surface area contributed by atoms with Crippen LogP contribution in [0.4, 0.5) is 0 Å². The van der Waals surface area contributed by atoms with Crippen LogP contribution in [-0.2, 0) is 20.9 Å². The van der Waals surface area contributed by atoms with E-state index in [1.165, 1.54) is 0 Å². The molecule has 0 aliphatic carbocycles. The Morgan fingerprint density at radius 2 is 2.26 bits per heavy atom. The van der Waals surface area contributed by atoms with Crippen LogP contribution in [0.3, 0.4) is 0 Å². The topological polar surface area (TPSA) is 76.5 Å². The summed E-state index contributed by atoms with van der Waals surface area (Å²) in [7, 11) is 1.59. The fourth-order valence-corrected chi connectivity index (χ4v) is 2.64. The van der Waals surface area contributed by atoms with E-state index < -0.39 is 6.04 Å². The smallest absolute Gasteiger partial charge is 0.246 e. The van der Waals surface area contributed by atoms with Gasteiger partial charge in [-0.15, -0.1) is 0 Å². The number of aromatic nitrogens is 2. The van der Waals surface area contributed by atoms with Gasteiger partial charge in [-0.3, -0.25) is 14.3 Å². The van der Waals surface area contributed by atoms with Crippen LogP contribution in [0.5, 0.6) is 0 Å². The number of ether oxygens (including phenoxy) is 1. The minimum Gasteiger partial charge on any atom is -0.383 e. The molecule has 0 spiro atoms. The van der Waals surface area contributed by atoms with Crippen molar-refractivity contribution in [2.75, 3.05) is 26.8 Å². The van der Waals surface area contributed by atoms with E-state index in [4.69, 9.17) is 4.74 Å². The fourth-order valence-electron chi connectivity index (χ4n) is 2.64. The molecule has 2 rings (SSSR count). The standard InChI is InChI=1S/C16H26N4O3/c1-12(2)4-5-15(21)19-10-13-6-7-18-20(13)14(11-19)16(22)17-8-9-23-3/h6-7,12,14H,4-5,8-11H2,1-3H3,(H,17,22)/t14-/m1/s1. The van der Waals surface area contributed by atoms with Crippen LogP contribution in [0, 0.1) is 5.92 Å². The molecule has 1 N–H and O–H groups in total. The Morgan fingerprint density at radius 3 is 2.96 bits per heavy atom. The number of fused-ring (bicyclic) bond motifs is 1. The number of carbonyl (C=O) groups is 2. The highest BCUT2D eigenvalue weighted by atomic mass is 16.5. The van der Waals surface area contributed by atoms with E-state index in [0.29, 0.717) is 38.6 Å². The van der Waals surface area contributed by atoms with Gasteiger partial charge in [0.1, 0.15) is 6.04 Å². The van der Waals surface area contributed by atoms with Crippen LogP contribution in [0.2, 0.25) is 0 Å². The van der Waals surface area contributed by atoms with Gasteiger partial charge in [0.15, 0.2) is 0 Å². The van der Waals surface area contributed by atoms with E-state index in [0.717, 1.165) is 12.1 Å². The van der Waals surface area contributed by atoms with Crippen molar-refractivity contribution in [3.05, 3.63) is 18.0 Å². The summed E-state index contributed by atoms with van der Waals surface area (Å²) in [5.41, 5.74) is 0.890. The molecule has 23 heavy (non-hydrogen) atoms. The zero-order valence-electron chi connectivity index (χ0n) is 14.1. The summed E-state index contributed by atoms with van der Waals surface area (Å²) in [6, 6.07) is 1.38. The summed E-state index contributed by atoms with van der Waals surface area (Å²) in [6.45, 7) is 5.99. The Kier molecular flexibility index (Phi) is 6.15. The molecule has 0 bridgehead atoms. The Balaban J connectivity index is 2.04. The van der Waals surface area contributed by atoms with E-state index in [-0.39, 0.29) is 11.8 Å². The van der Waals surface area contributed by atoms with E-state index >= 15 is 0 Å². The number of methoxy groups -OCH3 is 1. The summed E-state index contributed by atoms with van der Waals surface area (Å²) in [5, 5.41) is 7.07. The maximum Gasteiger partial charge on any atom is 0.246 e. The largest absolute Gasteiger partial charge is 0.383 e. The molecule has 1 aromatic rings. The first-order chi connectivity index (χ1) is 11.0. The summed E-state index contributed by atoms with van der Waals surface area (Å²) in [4.78, 5) is 26.6. The summed E-state index contributed by atoms with van der Waals surface area (Å²) in [5.74, 6) is 0.455. The van der Waals surface area contributed by atoms with Crippen LogP contribution >= 0.6 is 0 Å². The zero-order valence-corrected chi connectivity index (χ0v) is 14.1. The highest BCUT2D eigenvalue weighted by Gasteiger charge is 2.32. The van der Waals surface area contributed by atoms with Gasteiger partial charge in [0.05, 0.1) is 25.4 Å². The first-order valence-corrected chi connectivity index (χ1v) is 8.09. The SMILES string of the molecule is COCCNC(=O)[C@H]1CN(C(=O)CCC(C)C)Cc2ccnn21. The van der Waals surface area contributed by atoms with Crippen LogP contribution in [0.25, 0.3) is 0 Å². The lowest BCUT2D eigenvalue weighted by atomic mass is 10.1. The van der Waals surface area contributed by atoms with Gasteiger partial charge in [0, 0.05) is 26.3 Å². The fraction of sp³-hybridized carbons (Fsp3) is 0.688. The number of rotatable bonds is 7. The molecule has 0 radical (unpaired) electrons. The number of hydrogen-bond donors (Lipinski definition) is 1. The molecule has 0 unspecified atom stereocenters. The summed E-state index contributed by atoms with van der Waals surface area (Å²) < 4.78 is 6.66. The quantitative estimate of drug-likeness (QED) is 0.759. The Hall–Kier alpha value is -1.89. The Bertz CT molecular complexity index is 541. The van der Waals surface area contributed by atoms with Gasteiger partial charge in [-0.1, -0.05) is 13.8 Å². The van der Waals surface area contributed by atoms with Crippen molar-refractivity contribution in [1.29, 1.82) is 0 Å². The second-order valence-electron chi connectivity index (χ2n) is 6.27. The first kappa shape index (κ1) is 17.5. The molecule has 7 nitrogen and oxygen atoms in total. The van der Waals surface area contributed by atoms with Crippen molar-refractivity contribution in [3.8, 4) is 0 Å². The molecule has 0 saturated carbocycles. The molecule has 0 saturated heterocycles. The molecule has 2 amide bonds. The van der Waals surface area contributed by atoms with Crippen molar-refractivity contribution >= 4 is 11.8 Å². The molecular weight excluding hydrogens is 296 g/mol. The third-order valence-electron chi connectivity index (χ3n) is 3.99. The maximum atomic E-state index is 12.4. The third kappa shape index (κ3) is 4.54. The summed E-state index contributed by atoms with van der Waals surface area (Å²) >= 11 is 0. The number of nitrogens with one attached hydrogen (secondary N) is 1.